The van der Waals surface area contributed by atoms with E-state index in [9.17, 15) is 23.1 Å². The maximum Gasteiger partial charge on any atom is 0.471 e. The summed E-state index contributed by atoms with van der Waals surface area (Å²) in [5, 5.41) is 18.3. The highest BCUT2D eigenvalue weighted by atomic mass is 19.4. The number of carbonyl (C=O) groups is 1. The van der Waals surface area contributed by atoms with E-state index in [2.05, 4.69) is 0 Å². The number of halogens is 3. The van der Waals surface area contributed by atoms with Crippen molar-refractivity contribution in [2.24, 2.45) is 0 Å². The summed E-state index contributed by atoms with van der Waals surface area (Å²) in [6.45, 7) is 0. The van der Waals surface area contributed by atoms with Crippen LogP contribution in [0.15, 0.2) is 18.2 Å². The van der Waals surface area contributed by atoms with E-state index in [1.54, 1.807) is 0 Å². The Morgan fingerprint density at radius 1 is 1.31 bits per heavy atom. The Bertz CT molecular complexity index is 417. The van der Waals surface area contributed by atoms with Gasteiger partial charge in [0.25, 0.3) is 0 Å². The van der Waals surface area contributed by atoms with E-state index in [-0.39, 0.29) is 10.6 Å². The predicted molar refractivity (Wildman–Crippen MR) is 49.2 cm³/mol. The van der Waals surface area contributed by atoms with Gasteiger partial charge in [0.2, 0.25) is 0 Å². The van der Waals surface area contributed by atoms with Crippen LogP contribution in [0.2, 0.25) is 0 Å². The van der Waals surface area contributed by atoms with Gasteiger partial charge in [-0.15, -0.1) is 0 Å². The molecule has 0 bridgehead atoms. The number of alkyl halides is 3. The molecule has 0 fully saturated rings. The van der Waals surface area contributed by atoms with E-state index in [1.807, 2.05) is 0 Å². The zero-order valence-electron chi connectivity index (χ0n) is 8.12. The molecule has 0 spiro atoms. The highest BCUT2D eigenvalue weighted by molar-refractivity contribution is 5.98. The standard InChI is InChI=1S/C9H8F3NO3/c1-13(8(16)9(10,11)12)6-4-5(14)2-3-7(6)15/h2-4,14-15H,1H3. The molecule has 2 N–H and O–H groups in total. The van der Waals surface area contributed by atoms with Crippen LogP contribution in [0.25, 0.3) is 0 Å². The molecule has 0 radical (unpaired) electrons. The minimum absolute atomic E-state index is 0.217. The van der Waals surface area contributed by atoms with Crippen LogP contribution in [0.4, 0.5) is 18.9 Å². The van der Waals surface area contributed by atoms with Crippen LogP contribution in [0.1, 0.15) is 0 Å². The van der Waals surface area contributed by atoms with Gasteiger partial charge in [0.15, 0.2) is 0 Å². The third kappa shape index (κ3) is 2.36. The number of carbonyl (C=O) groups excluding carboxylic acids is 1. The molecule has 1 aromatic carbocycles. The van der Waals surface area contributed by atoms with Gasteiger partial charge >= 0.3 is 12.1 Å². The van der Waals surface area contributed by atoms with Gasteiger partial charge in [0, 0.05) is 13.1 Å². The molecular weight excluding hydrogens is 227 g/mol. The Labute approximate surface area is 88.5 Å². The quantitative estimate of drug-likeness (QED) is 0.727. The molecule has 0 saturated carbocycles. The van der Waals surface area contributed by atoms with Gasteiger partial charge in [-0.05, 0) is 12.1 Å². The van der Waals surface area contributed by atoms with Crippen LogP contribution in [0, 0.1) is 0 Å². The Balaban J connectivity index is 3.10. The first-order chi connectivity index (χ1) is 7.23. The van der Waals surface area contributed by atoms with Crippen molar-refractivity contribution in [2.45, 2.75) is 6.18 Å². The SMILES string of the molecule is CN(C(=O)C(F)(F)F)c1cc(O)ccc1O. The number of anilines is 1. The lowest BCUT2D eigenvalue weighted by molar-refractivity contribution is -0.170. The van der Waals surface area contributed by atoms with Gasteiger partial charge in [0.1, 0.15) is 11.5 Å². The van der Waals surface area contributed by atoms with Gasteiger partial charge in [-0.1, -0.05) is 0 Å². The molecule has 0 aromatic heterocycles. The highest BCUT2D eigenvalue weighted by Crippen LogP contribution is 2.32. The lowest BCUT2D eigenvalue weighted by atomic mass is 10.2. The van der Waals surface area contributed by atoms with Crippen molar-refractivity contribution in [3.8, 4) is 11.5 Å². The number of hydrogen-bond acceptors (Lipinski definition) is 3. The molecule has 0 aliphatic carbocycles. The van der Waals surface area contributed by atoms with E-state index >= 15 is 0 Å². The predicted octanol–water partition coefficient (Wildman–Crippen LogP) is 1.62. The fraction of sp³-hybridized carbons (Fsp3) is 0.222. The van der Waals surface area contributed by atoms with Crippen molar-refractivity contribution in [1.29, 1.82) is 0 Å². The smallest absolute Gasteiger partial charge is 0.471 e. The molecular formula is C9H8F3NO3. The Kier molecular flexibility index (Phi) is 2.97. The Hall–Kier alpha value is -1.92. The summed E-state index contributed by atoms with van der Waals surface area (Å²) in [4.78, 5) is 11.1. The van der Waals surface area contributed by atoms with E-state index in [0.717, 1.165) is 25.2 Å². The van der Waals surface area contributed by atoms with Crippen molar-refractivity contribution in [1.82, 2.24) is 0 Å². The highest BCUT2D eigenvalue weighted by Gasteiger charge is 2.42. The molecule has 4 nitrogen and oxygen atoms in total. The van der Waals surface area contributed by atoms with Gasteiger partial charge in [0.05, 0.1) is 5.69 Å². The molecule has 7 heteroatoms. The summed E-state index contributed by atoms with van der Waals surface area (Å²) in [6.07, 6.45) is -5.04. The molecule has 16 heavy (non-hydrogen) atoms. The minimum atomic E-state index is -5.04. The van der Waals surface area contributed by atoms with Crippen LogP contribution >= 0.6 is 0 Å². The lowest BCUT2D eigenvalue weighted by Gasteiger charge is -2.19. The Morgan fingerprint density at radius 3 is 2.38 bits per heavy atom. The molecule has 1 rings (SSSR count). The number of benzene rings is 1. The second kappa shape index (κ2) is 3.92. The average Bonchev–Trinajstić information content (AvgIpc) is 2.18. The van der Waals surface area contributed by atoms with Crippen molar-refractivity contribution < 1.29 is 28.2 Å². The van der Waals surface area contributed by atoms with Crippen LogP contribution in [0.3, 0.4) is 0 Å². The lowest BCUT2D eigenvalue weighted by Crippen LogP contribution is -2.38. The first-order valence-corrected chi connectivity index (χ1v) is 4.10. The van der Waals surface area contributed by atoms with Crippen molar-refractivity contribution >= 4 is 11.6 Å². The van der Waals surface area contributed by atoms with Crippen molar-refractivity contribution in [2.75, 3.05) is 11.9 Å². The second-order valence-corrected chi connectivity index (χ2v) is 3.03. The minimum Gasteiger partial charge on any atom is -0.508 e. The van der Waals surface area contributed by atoms with E-state index in [0.29, 0.717) is 0 Å². The van der Waals surface area contributed by atoms with E-state index < -0.39 is 23.5 Å². The monoisotopic (exact) mass is 235 g/mol. The number of nitrogens with zero attached hydrogens (tertiary/aromatic N) is 1. The summed E-state index contributed by atoms with van der Waals surface area (Å²) in [6, 6.07) is 2.94. The third-order valence-corrected chi connectivity index (χ3v) is 1.87. The summed E-state index contributed by atoms with van der Waals surface area (Å²) in [7, 11) is 0.852. The topological polar surface area (TPSA) is 60.8 Å². The number of aromatic hydroxyl groups is 2. The molecule has 1 amide bonds. The number of hydrogen-bond donors (Lipinski definition) is 2. The van der Waals surface area contributed by atoms with Gasteiger partial charge in [-0.2, -0.15) is 13.2 Å². The second-order valence-electron chi connectivity index (χ2n) is 3.03. The summed E-state index contributed by atoms with van der Waals surface area (Å²) >= 11 is 0. The van der Waals surface area contributed by atoms with Crippen LogP contribution in [-0.2, 0) is 4.79 Å². The molecule has 0 aliphatic heterocycles. The first kappa shape index (κ1) is 12.2. The zero-order valence-corrected chi connectivity index (χ0v) is 8.12. The fourth-order valence-corrected chi connectivity index (χ4v) is 1.08. The van der Waals surface area contributed by atoms with Crippen molar-refractivity contribution in [3.63, 3.8) is 0 Å². The first-order valence-electron chi connectivity index (χ1n) is 4.10. The Morgan fingerprint density at radius 2 is 1.88 bits per heavy atom. The van der Waals surface area contributed by atoms with Crippen molar-refractivity contribution in [3.05, 3.63) is 18.2 Å². The summed E-state index contributed by atoms with van der Waals surface area (Å²) in [5.41, 5.74) is -0.415. The van der Waals surface area contributed by atoms with E-state index in [4.69, 9.17) is 5.11 Å². The average molecular weight is 235 g/mol. The molecule has 0 unspecified atom stereocenters. The summed E-state index contributed by atoms with van der Waals surface area (Å²) < 4.78 is 36.2. The number of phenolic OH excluding ortho intramolecular Hbond substituents is 2. The molecule has 88 valence electrons. The number of phenols is 2. The van der Waals surface area contributed by atoms with E-state index in [1.165, 1.54) is 0 Å². The number of rotatable bonds is 1. The van der Waals surface area contributed by atoms with Crippen LogP contribution in [0.5, 0.6) is 11.5 Å². The molecule has 0 atom stereocenters. The van der Waals surface area contributed by atoms with Gasteiger partial charge in [-0.25, -0.2) is 0 Å². The third-order valence-electron chi connectivity index (χ3n) is 1.87. The van der Waals surface area contributed by atoms with Crippen LogP contribution in [-0.4, -0.2) is 29.3 Å². The molecule has 1 aromatic rings. The fourth-order valence-electron chi connectivity index (χ4n) is 1.08. The normalized spacial score (nSPS) is 11.2. The number of amides is 1. The van der Waals surface area contributed by atoms with Crippen LogP contribution < -0.4 is 4.90 Å². The van der Waals surface area contributed by atoms with Gasteiger partial charge < -0.3 is 15.1 Å². The largest absolute Gasteiger partial charge is 0.508 e. The molecule has 0 aliphatic rings. The molecule has 0 saturated heterocycles. The zero-order chi connectivity index (χ0) is 12.5. The summed E-state index contributed by atoms with van der Waals surface area (Å²) in [5.74, 6) is -3.01. The molecule has 0 heterocycles. The maximum atomic E-state index is 12.1. The van der Waals surface area contributed by atoms with Gasteiger partial charge in [-0.3, -0.25) is 4.79 Å². The maximum absolute atomic E-state index is 12.1.